The van der Waals surface area contributed by atoms with Gasteiger partial charge in [-0.15, -0.1) is 11.3 Å². The SMILES string of the molecule is CCCCN(CC)C(=O)CCNc1ncnc2sc(C)c(-c3ccccc3)c12. The summed E-state index contributed by atoms with van der Waals surface area (Å²) in [7, 11) is 0. The number of amides is 1. The van der Waals surface area contributed by atoms with Gasteiger partial charge in [-0.05, 0) is 25.8 Å². The van der Waals surface area contributed by atoms with E-state index in [4.69, 9.17) is 0 Å². The Labute approximate surface area is 170 Å². The number of unbranched alkanes of at least 4 members (excludes halogenated alkanes) is 1. The van der Waals surface area contributed by atoms with E-state index in [1.807, 2.05) is 30.0 Å². The third-order valence-corrected chi connectivity index (χ3v) is 5.89. The molecule has 3 aromatic rings. The van der Waals surface area contributed by atoms with Crippen molar-refractivity contribution in [1.82, 2.24) is 14.9 Å². The van der Waals surface area contributed by atoms with Gasteiger partial charge in [0, 0.05) is 36.5 Å². The van der Waals surface area contributed by atoms with E-state index in [9.17, 15) is 4.79 Å². The Balaban J connectivity index is 1.78. The lowest BCUT2D eigenvalue weighted by molar-refractivity contribution is -0.130. The monoisotopic (exact) mass is 396 g/mol. The molecule has 0 radical (unpaired) electrons. The van der Waals surface area contributed by atoms with Crippen LogP contribution in [-0.4, -0.2) is 40.4 Å². The Morgan fingerprint density at radius 2 is 1.96 bits per heavy atom. The summed E-state index contributed by atoms with van der Waals surface area (Å²) in [5.41, 5.74) is 2.34. The molecule has 1 aromatic carbocycles. The third-order valence-electron chi connectivity index (χ3n) is 4.87. The van der Waals surface area contributed by atoms with Gasteiger partial charge in [0.25, 0.3) is 0 Å². The maximum Gasteiger partial charge on any atom is 0.224 e. The van der Waals surface area contributed by atoms with Crippen molar-refractivity contribution in [1.29, 1.82) is 0 Å². The van der Waals surface area contributed by atoms with E-state index in [0.29, 0.717) is 13.0 Å². The highest BCUT2D eigenvalue weighted by Gasteiger charge is 2.17. The summed E-state index contributed by atoms with van der Waals surface area (Å²) in [6, 6.07) is 10.3. The quantitative estimate of drug-likeness (QED) is 0.545. The predicted molar refractivity (Wildman–Crippen MR) is 118 cm³/mol. The first-order valence-electron chi connectivity index (χ1n) is 9.96. The lowest BCUT2D eigenvalue weighted by atomic mass is 10.0. The zero-order valence-corrected chi connectivity index (χ0v) is 17.7. The molecule has 2 aromatic heterocycles. The van der Waals surface area contributed by atoms with Gasteiger partial charge in [0.1, 0.15) is 17.0 Å². The van der Waals surface area contributed by atoms with Crippen molar-refractivity contribution in [2.45, 2.75) is 40.0 Å². The van der Waals surface area contributed by atoms with Gasteiger partial charge < -0.3 is 10.2 Å². The lowest BCUT2D eigenvalue weighted by Crippen LogP contribution is -2.32. The largest absolute Gasteiger partial charge is 0.369 e. The number of carbonyl (C=O) groups excluding carboxylic acids is 1. The van der Waals surface area contributed by atoms with Gasteiger partial charge in [-0.25, -0.2) is 9.97 Å². The lowest BCUT2D eigenvalue weighted by Gasteiger charge is -2.20. The second-order valence-corrected chi connectivity index (χ2v) is 8.01. The maximum atomic E-state index is 12.5. The fourth-order valence-electron chi connectivity index (χ4n) is 3.38. The van der Waals surface area contributed by atoms with Gasteiger partial charge in [-0.2, -0.15) is 0 Å². The molecule has 6 heteroatoms. The molecule has 0 saturated heterocycles. The molecule has 0 aliphatic carbocycles. The van der Waals surface area contributed by atoms with Gasteiger partial charge >= 0.3 is 0 Å². The topological polar surface area (TPSA) is 58.1 Å². The summed E-state index contributed by atoms with van der Waals surface area (Å²) >= 11 is 1.68. The number of thiophene rings is 1. The molecule has 0 aliphatic heterocycles. The molecule has 28 heavy (non-hydrogen) atoms. The van der Waals surface area contributed by atoms with Gasteiger partial charge in [-0.3, -0.25) is 4.79 Å². The minimum absolute atomic E-state index is 0.193. The number of hydrogen-bond donors (Lipinski definition) is 1. The number of aromatic nitrogens is 2. The summed E-state index contributed by atoms with van der Waals surface area (Å²) in [6.45, 7) is 8.47. The highest BCUT2D eigenvalue weighted by Crippen LogP contribution is 2.40. The number of anilines is 1. The fraction of sp³-hybridized carbons (Fsp3) is 0.409. The van der Waals surface area contributed by atoms with Crippen LogP contribution in [0.3, 0.4) is 0 Å². The van der Waals surface area contributed by atoms with Crippen molar-refractivity contribution in [3.8, 4) is 11.1 Å². The molecule has 1 N–H and O–H groups in total. The summed E-state index contributed by atoms with van der Waals surface area (Å²) in [6.07, 6.45) is 4.21. The van der Waals surface area contributed by atoms with Crippen LogP contribution in [0.5, 0.6) is 0 Å². The van der Waals surface area contributed by atoms with E-state index in [0.717, 1.165) is 47.5 Å². The Morgan fingerprint density at radius 1 is 1.18 bits per heavy atom. The van der Waals surface area contributed by atoms with Crippen molar-refractivity contribution in [2.75, 3.05) is 25.0 Å². The standard InChI is InChI=1S/C22H28N4OS/c1-4-6-14-26(5-2)18(27)12-13-23-21-20-19(17-10-8-7-9-11-17)16(3)28-22(20)25-15-24-21/h7-11,15H,4-6,12-14H2,1-3H3,(H,23,24,25). The van der Waals surface area contributed by atoms with Crippen LogP contribution in [0.1, 0.15) is 38.0 Å². The molecule has 1 amide bonds. The van der Waals surface area contributed by atoms with Gasteiger partial charge in [0.2, 0.25) is 5.91 Å². The summed E-state index contributed by atoms with van der Waals surface area (Å²) in [5, 5.41) is 4.43. The van der Waals surface area contributed by atoms with Gasteiger partial charge in [0.05, 0.1) is 5.39 Å². The average molecular weight is 397 g/mol. The maximum absolute atomic E-state index is 12.5. The molecular formula is C22H28N4OS. The first kappa shape index (κ1) is 20.3. The van der Waals surface area contributed by atoms with Crippen molar-refractivity contribution < 1.29 is 4.79 Å². The molecule has 5 nitrogen and oxygen atoms in total. The predicted octanol–water partition coefficient (Wildman–Crippen LogP) is 5.12. The smallest absolute Gasteiger partial charge is 0.224 e. The highest BCUT2D eigenvalue weighted by molar-refractivity contribution is 7.19. The number of carbonyl (C=O) groups is 1. The second kappa shape index (κ2) is 9.64. The minimum Gasteiger partial charge on any atom is -0.369 e. The zero-order valence-electron chi connectivity index (χ0n) is 16.9. The molecule has 0 aliphatic rings. The Bertz CT molecular complexity index is 923. The van der Waals surface area contributed by atoms with Crippen LogP contribution in [0.15, 0.2) is 36.7 Å². The number of rotatable bonds is 9. The first-order valence-corrected chi connectivity index (χ1v) is 10.8. The van der Waals surface area contributed by atoms with Crippen LogP contribution < -0.4 is 5.32 Å². The summed E-state index contributed by atoms with van der Waals surface area (Å²) in [4.78, 5) is 25.5. The molecule has 0 bridgehead atoms. The Morgan fingerprint density at radius 3 is 2.68 bits per heavy atom. The van der Waals surface area contributed by atoms with Crippen LogP contribution >= 0.6 is 11.3 Å². The third kappa shape index (κ3) is 4.50. The van der Waals surface area contributed by atoms with Crippen LogP contribution in [0.2, 0.25) is 0 Å². The van der Waals surface area contributed by atoms with E-state index in [-0.39, 0.29) is 5.91 Å². The number of aryl methyl sites for hydroxylation is 1. The van der Waals surface area contributed by atoms with E-state index in [2.05, 4.69) is 41.3 Å². The van der Waals surface area contributed by atoms with Crippen LogP contribution in [0, 0.1) is 6.92 Å². The molecule has 0 fully saturated rings. The molecule has 0 spiro atoms. The Hall–Kier alpha value is -2.47. The zero-order chi connectivity index (χ0) is 19.9. The summed E-state index contributed by atoms with van der Waals surface area (Å²) in [5.74, 6) is 0.996. The fourth-order valence-corrected chi connectivity index (χ4v) is 4.40. The van der Waals surface area contributed by atoms with E-state index >= 15 is 0 Å². The number of nitrogens with zero attached hydrogens (tertiary/aromatic N) is 3. The minimum atomic E-state index is 0.193. The van der Waals surface area contributed by atoms with Crippen LogP contribution in [0.4, 0.5) is 5.82 Å². The van der Waals surface area contributed by atoms with Gasteiger partial charge in [-0.1, -0.05) is 43.7 Å². The summed E-state index contributed by atoms with van der Waals surface area (Å²) < 4.78 is 0. The van der Waals surface area contributed by atoms with Crippen molar-refractivity contribution in [3.05, 3.63) is 41.5 Å². The molecular weight excluding hydrogens is 368 g/mol. The second-order valence-electron chi connectivity index (χ2n) is 6.81. The number of hydrogen-bond acceptors (Lipinski definition) is 5. The van der Waals surface area contributed by atoms with E-state index in [1.165, 1.54) is 10.4 Å². The molecule has 3 rings (SSSR count). The molecule has 148 valence electrons. The number of benzene rings is 1. The highest BCUT2D eigenvalue weighted by atomic mass is 32.1. The molecule has 0 saturated carbocycles. The molecule has 0 unspecified atom stereocenters. The van der Waals surface area contributed by atoms with Crippen molar-refractivity contribution >= 4 is 33.3 Å². The first-order chi connectivity index (χ1) is 13.7. The van der Waals surface area contributed by atoms with Crippen LogP contribution in [0.25, 0.3) is 21.3 Å². The number of fused-ring (bicyclic) bond motifs is 1. The normalized spacial score (nSPS) is 11.0. The van der Waals surface area contributed by atoms with Crippen molar-refractivity contribution in [2.24, 2.45) is 0 Å². The van der Waals surface area contributed by atoms with Crippen LogP contribution in [-0.2, 0) is 4.79 Å². The van der Waals surface area contributed by atoms with Gasteiger partial charge in [0.15, 0.2) is 0 Å². The van der Waals surface area contributed by atoms with Crippen molar-refractivity contribution in [3.63, 3.8) is 0 Å². The molecule has 0 atom stereocenters. The average Bonchev–Trinajstić information content (AvgIpc) is 3.06. The molecule has 2 heterocycles. The van der Waals surface area contributed by atoms with E-state index < -0.39 is 0 Å². The van der Waals surface area contributed by atoms with E-state index in [1.54, 1.807) is 17.7 Å². The Kier molecular flexibility index (Phi) is 6.98. The number of nitrogens with one attached hydrogen (secondary N) is 1.